The van der Waals surface area contributed by atoms with Crippen LogP contribution >= 0.6 is 23.4 Å². The average Bonchev–Trinajstić information content (AvgIpc) is 3.40. The van der Waals surface area contributed by atoms with Crippen LogP contribution in [0.15, 0.2) is 12.3 Å². The summed E-state index contributed by atoms with van der Waals surface area (Å²) >= 11 is 8.03. The summed E-state index contributed by atoms with van der Waals surface area (Å²) in [5, 5.41) is 10.2. The van der Waals surface area contributed by atoms with Gasteiger partial charge in [-0.1, -0.05) is 6.58 Å². The number of amides is 1. The molecule has 3 rings (SSSR count). The number of hydrogen-bond acceptors (Lipinski definition) is 5. The Balaban J connectivity index is 1.47. The highest BCUT2D eigenvalue weighted by Crippen LogP contribution is 2.38. The summed E-state index contributed by atoms with van der Waals surface area (Å²) < 4.78 is 6.00. The van der Waals surface area contributed by atoms with Crippen molar-refractivity contribution in [3.05, 3.63) is 12.3 Å². The van der Waals surface area contributed by atoms with Crippen LogP contribution in [-0.4, -0.2) is 47.3 Å². The van der Waals surface area contributed by atoms with Crippen molar-refractivity contribution in [3.8, 4) is 0 Å². The van der Waals surface area contributed by atoms with E-state index in [9.17, 15) is 4.79 Å². The van der Waals surface area contributed by atoms with E-state index in [0.29, 0.717) is 17.6 Å². The fraction of sp³-hybridized carbons (Fsp3) is 0.833. The number of carbonyl (C=O) groups excluding carboxylic acids is 1. The van der Waals surface area contributed by atoms with Gasteiger partial charge in [-0.2, -0.15) is 0 Å². The van der Waals surface area contributed by atoms with E-state index in [1.807, 2.05) is 7.05 Å². The summed E-state index contributed by atoms with van der Waals surface area (Å²) in [5.41, 5.74) is 0.833. The van der Waals surface area contributed by atoms with E-state index in [0.717, 1.165) is 25.0 Å². The lowest BCUT2D eigenvalue weighted by molar-refractivity contribution is -0.121. The second-order valence-corrected chi connectivity index (χ2v) is 9.55. The number of alkyl halides is 1. The first-order valence-electron chi connectivity index (χ1n) is 9.33. The average molecular weight is 388 g/mol. The van der Waals surface area contributed by atoms with Gasteiger partial charge in [0.25, 0.3) is 0 Å². The minimum absolute atomic E-state index is 0.0912. The molecular formula is C18H30ClN3O2S. The molecule has 3 fully saturated rings. The Morgan fingerprint density at radius 1 is 1.44 bits per heavy atom. The first-order valence-corrected chi connectivity index (χ1v) is 10.7. The molecule has 1 heterocycles. The van der Waals surface area contributed by atoms with E-state index < -0.39 is 0 Å². The smallest absolute Gasteiger partial charge is 0.233 e. The van der Waals surface area contributed by atoms with Crippen molar-refractivity contribution in [1.82, 2.24) is 16.0 Å². The lowest BCUT2D eigenvalue weighted by Gasteiger charge is -2.40. The maximum Gasteiger partial charge on any atom is 0.233 e. The van der Waals surface area contributed by atoms with Gasteiger partial charge in [0.05, 0.1) is 11.4 Å². The van der Waals surface area contributed by atoms with Crippen molar-refractivity contribution in [1.29, 1.82) is 0 Å². The van der Waals surface area contributed by atoms with Gasteiger partial charge in [-0.25, -0.2) is 0 Å². The molecule has 0 radical (unpaired) electrons. The number of ether oxygens (including phenoxy) is 1. The molecular weight excluding hydrogens is 358 g/mol. The zero-order valence-corrected chi connectivity index (χ0v) is 16.7. The fourth-order valence-corrected chi connectivity index (χ4v) is 5.50. The highest BCUT2D eigenvalue weighted by atomic mass is 35.5. The van der Waals surface area contributed by atoms with Gasteiger partial charge in [0.15, 0.2) is 6.35 Å². The third kappa shape index (κ3) is 5.28. The highest BCUT2D eigenvalue weighted by molar-refractivity contribution is 8.01. The molecule has 1 aliphatic heterocycles. The molecule has 6 atom stereocenters. The third-order valence-corrected chi connectivity index (χ3v) is 7.37. The van der Waals surface area contributed by atoms with Gasteiger partial charge >= 0.3 is 0 Å². The quantitative estimate of drug-likeness (QED) is 0.441. The maximum atomic E-state index is 12.4. The topological polar surface area (TPSA) is 62.4 Å². The number of allylic oxidation sites excluding steroid dienone is 1. The Bertz CT molecular complexity index is 503. The monoisotopic (exact) mass is 387 g/mol. The van der Waals surface area contributed by atoms with Gasteiger partial charge < -0.3 is 15.4 Å². The molecule has 5 nitrogen and oxygen atoms in total. The largest absolute Gasteiger partial charge is 0.352 e. The lowest BCUT2D eigenvalue weighted by Crippen LogP contribution is -2.54. The van der Waals surface area contributed by atoms with Gasteiger partial charge in [0.2, 0.25) is 5.91 Å². The summed E-state index contributed by atoms with van der Waals surface area (Å²) in [4.78, 5) is 12.4. The summed E-state index contributed by atoms with van der Waals surface area (Å²) in [7, 11) is 1.86. The normalized spacial score (nSPS) is 34.6. The first-order chi connectivity index (χ1) is 12.0. The van der Waals surface area contributed by atoms with Crippen molar-refractivity contribution in [3.63, 3.8) is 0 Å². The number of fused-ring (bicyclic) bond motifs is 1. The molecule has 3 aliphatic rings. The predicted octanol–water partition coefficient (Wildman–Crippen LogP) is 2.56. The van der Waals surface area contributed by atoms with Crippen LogP contribution in [0.25, 0.3) is 0 Å². The van der Waals surface area contributed by atoms with Crippen LogP contribution in [-0.2, 0) is 9.53 Å². The Morgan fingerprint density at radius 2 is 2.20 bits per heavy atom. The minimum atomic E-state index is -0.265. The van der Waals surface area contributed by atoms with E-state index in [4.69, 9.17) is 16.3 Å². The van der Waals surface area contributed by atoms with Crippen LogP contribution in [0.2, 0.25) is 0 Å². The van der Waals surface area contributed by atoms with Crippen molar-refractivity contribution < 1.29 is 9.53 Å². The third-order valence-electron chi connectivity index (χ3n) is 5.35. The van der Waals surface area contributed by atoms with E-state index in [1.54, 1.807) is 11.8 Å². The Hall–Kier alpha value is -0.430. The van der Waals surface area contributed by atoms with Crippen LogP contribution in [0.1, 0.15) is 45.4 Å². The van der Waals surface area contributed by atoms with E-state index in [-0.39, 0.29) is 35.0 Å². The molecule has 1 saturated heterocycles. The predicted molar refractivity (Wildman–Crippen MR) is 104 cm³/mol. The number of rotatable bonds is 8. The second-order valence-electron chi connectivity index (χ2n) is 7.49. The van der Waals surface area contributed by atoms with E-state index in [2.05, 4.69) is 29.5 Å². The van der Waals surface area contributed by atoms with Crippen molar-refractivity contribution >= 4 is 29.3 Å². The Labute approximate surface area is 160 Å². The van der Waals surface area contributed by atoms with Gasteiger partial charge in [-0.15, -0.1) is 23.4 Å². The number of halogens is 1. The summed E-state index contributed by atoms with van der Waals surface area (Å²) in [6.07, 6.45) is 6.07. The summed E-state index contributed by atoms with van der Waals surface area (Å²) in [5.74, 6) is 0.785. The molecule has 0 spiro atoms. The molecule has 7 heteroatoms. The fourth-order valence-electron chi connectivity index (χ4n) is 3.63. The number of hydrogen-bond donors (Lipinski definition) is 3. The number of carbonyl (C=O) groups is 1. The van der Waals surface area contributed by atoms with Crippen LogP contribution < -0.4 is 16.0 Å². The molecule has 0 aromatic rings. The maximum absolute atomic E-state index is 12.4. The van der Waals surface area contributed by atoms with Crippen LogP contribution in [0.5, 0.6) is 0 Å². The highest BCUT2D eigenvalue weighted by Gasteiger charge is 2.39. The van der Waals surface area contributed by atoms with Crippen molar-refractivity contribution in [2.24, 2.45) is 5.92 Å². The molecule has 0 aromatic heterocycles. The minimum Gasteiger partial charge on any atom is -0.352 e. The zero-order chi connectivity index (χ0) is 18.0. The van der Waals surface area contributed by atoms with Crippen LogP contribution in [0.3, 0.4) is 0 Å². The van der Waals surface area contributed by atoms with Gasteiger partial charge in [0.1, 0.15) is 0 Å². The van der Waals surface area contributed by atoms with E-state index >= 15 is 0 Å². The Morgan fingerprint density at radius 3 is 2.88 bits per heavy atom. The second kappa shape index (κ2) is 8.51. The van der Waals surface area contributed by atoms with Gasteiger partial charge in [-0.05, 0) is 52.0 Å². The molecule has 142 valence electrons. The lowest BCUT2D eigenvalue weighted by atomic mass is 9.94. The molecule has 1 amide bonds. The molecule has 5 unspecified atom stereocenters. The molecule has 2 aliphatic carbocycles. The first kappa shape index (κ1) is 19.3. The summed E-state index contributed by atoms with van der Waals surface area (Å²) in [6, 6.07) is 0.221. The molecule has 2 saturated carbocycles. The van der Waals surface area contributed by atoms with Gasteiger partial charge in [0, 0.05) is 28.8 Å². The van der Waals surface area contributed by atoms with Crippen molar-refractivity contribution in [2.45, 2.75) is 79.8 Å². The molecule has 25 heavy (non-hydrogen) atoms. The number of thioether (sulfide) groups is 1. The molecule has 3 N–H and O–H groups in total. The van der Waals surface area contributed by atoms with Crippen molar-refractivity contribution in [2.75, 3.05) is 7.05 Å². The SMILES string of the molecule is C=C(C[C@H]1SC2CCC(Cl)CC2NC1=O)NC(NC)OC(C)C1CC1. The summed E-state index contributed by atoms with van der Waals surface area (Å²) in [6.45, 7) is 6.22. The standard InChI is InChI=1S/C18H30ClN3O2S/c1-10(21-18(20-3)24-11(2)12-4-5-12)8-16-17(23)22-14-9-13(19)6-7-15(14)25-16/h11-16,18,20-21H,1,4-9H2,2-3H3,(H,22,23)/t11?,13?,14?,15?,16-,18?/m1/s1. The van der Waals surface area contributed by atoms with Crippen LogP contribution in [0.4, 0.5) is 0 Å². The molecule has 0 aromatic carbocycles. The van der Waals surface area contributed by atoms with Crippen LogP contribution in [0, 0.1) is 5.92 Å². The van der Waals surface area contributed by atoms with E-state index in [1.165, 1.54) is 12.8 Å². The molecule has 0 bridgehead atoms. The zero-order valence-electron chi connectivity index (χ0n) is 15.1. The van der Waals surface area contributed by atoms with Gasteiger partial charge in [-0.3, -0.25) is 10.1 Å². The Kier molecular flexibility index (Phi) is 6.58. The number of nitrogens with one attached hydrogen (secondary N) is 3.